The fraction of sp³-hybridized carbons (Fsp3) is 0. The number of ketones is 2. The van der Waals surface area contributed by atoms with Gasteiger partial charge >= 0.3 is 0 Å². The van der Waals surface area contributed by atoms with E-state index in [1.807, 2.05) is 0 Å². The van der Waals surface area contributed by atoms with Gasteiger partial charge in [-0.1, -0.05) is 24.3 Å². The number of azide groups is 1. The number of carbonyl (C=O) groups is 2. The summed E-state index contributed by atoms with van der Waals surface area (Å²) < 4.78 is 5.68. The minimum atomic E-state index is -0.0924. The van der Waals surface area contributed by atoms with Gasteiger partial charge in [-0.2, -0.15) is 0 Å². The van der Waals surface area contributed by atoms with Crippen LogP contribution in [-0.4, -0.2) is 11.6 Å². The van der Waals surface area contributed by atoms with Crippen LogP contribution in [0.4, 0.5) is 0 Å². The van der Waals surface area contributed by atoms with E-state index in [1.54, 1.807) is 24.3 Å². The molecular formula is C10H6N6O2S. The molecule has 2 rings (SSSR count). The van der Waals surface area contributed by atoms with Crippen LogP contribution >= 0.6 is 12.1 Å². The number of rotatable bonds is 2. The third-order valence-corrected chi connectivity index (χ3v) is 2.28. The molecule has 0 saturated carbocycles. The molecule has 0 N–H and O–H groups in total. The summed E-state index contributed by atoms with van der Waals surface area (Å²) in [4.78, 5) is 27.0. The average Bonchev–Trinajstić information content (AvgIpc) is 2.42. The molecule has 0 saturated heterocycles. The first-order chi connectivity index (χ1) is 9.20. The number of nitrogens with zero attached hydrogens (tertiary/aromatic N) is 6. The molecule has 0 amide bonds. The maximum Gasteiger partial charge on any atom is 0.186 e. The first-order valence-corrected chi connectivity index (χ1v) is 5.54. The highest BCUT2D eigenvalue weighted by molar-refractivity contribution is 7.96. The lowest BCUT2D eigenvalue weighted by atomic mass is 9.90. The van der Waals surface area contributed by atoms with E-state index in [4.69, 9.17) is 11.1 Å². The number of allylic oxidation sites excluding steroid dienone is 8. The quantitative estimate of drug-likeness (QED) is 0.331. The monoisotopic (exact) mass is 274 g/mol. The topological polar surface area (TPSA) is 132 Å². The van der Waals surface area contributed by atoms with Crippen LogP contribution in [0.15, 0.2) is 56.6 Å². The zero-order valence-electron chi connectivity index (χ0n) is 9.37. The highest BCUT2D eigenvalue weighted by Gasteiger charge is 2.20. The van der Waals surface area contributed by atoms with Crippen LogP contribution in [0.1, 0.15) is 0 Å². The highest BCUT2D eigenvalue weighted by atomic mass is 32.2. The molecule has 8 nitrogen and oxygen atoms in total. The lowest BCUT2D eigenvalue weighted by Crippen LogP contribution is -2.13. The second-order valence-electron chi connectivity index (χ2n) is 3.03. The van der Waals surface area contributed by atoms with E-state index in [9.17, 15) is 9.59 Å². The van der Waals surface area contributed by atoms with Gasteiger partial charge < -0.3 is 0 Å². The molecular weight excluding hydrogens is 268 g/mol. The molecule has 0 bridgehead atoms. The van der Waals surface area contributed by atoms with Crippen molar-refractivity contribution in [2.45, 2.75) is 0 Å². The van der Waals surface area contributed by atoms with Crippen LogP contribution in [0.3, 0.4) is 0 Å². The molecule has 94 valence electrons. The molecule has 2 aliphatic rings. The zero-order valence-corrected chi connectivity index (χ0v) is 10.2. The molecule has 9 heteroatoms. The van der Waals surface area contributed by atoms with Crippen LogP contribution in [0.2, 0.25) is 0 Å². The Hall–Kier alpha value is -2.73. The van der Waals surface area contributed by atoms with Gasteiger partial charge in [0.15, 0.2) is 11.6 Å². The number of fused-ring (bicyclic) bond motifs is 1. The molecule has 2 aliphatic carbocycles. The maximum atomic E-state index is 11.2. The Morgan fingerprint density at radius 1 is 0.895 bits per heavy atom. The summed E-state index contributed by atoms with van der Waals surface area (Å²) in [7, 11) is 0. The Labute approximate surface area is 111 Å². The molecule has 0 aliphatic heterocycles. The Balaban J connectivity index is 0.000000224. The molecule has 0 aromatic rings. The lowest BCUT2D eigenvalue weighted by molar-refractivity contribution is -0.114. The second-order valence-corrected chi connectivity index (χ2v) is 3.52. The molecule has 0 radical (unpaired) electrons. The predicted molar refractivity (Wildman–Crippen MR) is 70.3 cm³/mol. The maximum absolute atomic E-state index is 11.2. The van der Waals surface area contributed by atoms with Gasteiger partial charge in [0.05, 0.1) is 0 Å². The van der Waals surface area contributed by atoms with Crippen LogP contribution < -0.4 is 0 Å². The predicted octanol–water partition coefficient (Wildman–Crippen LogP) is 3.29. The zero-order chi connectivity index (χ0) is 14.1. The molecule has 0 fully saturated rings. The Kier molecular flexibility index (Phi) is 5.71. The Morgan fingerprint density at radius 3 is 1.68 bits per heavy atom. The van der Waals surface area contributed by atoms with Crippen LogP contribution in [-0.2, 0) is 9.59 Å². The first-order valence-electron chi connectivity index (χ1n) is 4.81. The summed E-state index contributed by atoms with van der Waals surface area (Å²) in [6, 6.07) is 0. The fourth-order valence-corrected chi connectivity index (χ4v) is 1.40. The van der Waals surface area contributed by atoms with Crippen molar-refractivity contribution < 1.29 is 9.59 Å². The fourth-order valence-electron chi connectivity index (χ4n) is 1.30. The molecule has 19 heavy (non-hydrogen) atoms. The van der Waals surface area contributed by atoms with E-state index in [1.165, 1.54) is 12.2 Å². The minimum absolute atomic E-state index is 0.0924. The van der Waals surface area contributed by atoms with Crippen molar-refractivity contribution >= 4 is 23.7 Å². The smallest absolute Gasteiger partial charge is 0.186 e. The minimum Gasteiger partial charge on any atom is -0.289 e. The van der Waals surface area contributed by atoms with E-state index in [0.29, 0.717) is 23.3 Å². The van der Waals surface area contributed by atoms with Crippen molar-refractivity contribution in [3.63, 3.8) is 0 Å². The second kappa shape index (κ2) is 7.57. The first kappa shape index (κ1) is 14.3. The summed E-state index contributed by atoms with van der Waals surface area (Å²) in [5.41, 5.74) is 16.1. The summed E-state index contributed by atoms with van der Waals surface area (Å²) >= 11 is 0.470. The summed E-state index contributed by atoms with van der Waals surface area (Å²) in [5.74, 6) is -0.185. The standard InChI is InChI=1S/C10H6O2.N6S/c11-9-5-1-3-7-8(9)4-2-6-10(7)12;1-3-5-7-6-4-2/h1-6H;. The van der Waals surface area contributed by atoms with Gasteiger partial charge in [-0.15, -0.1) is 0 Å². The molecule has 0 unspecified atom stereocenters. The molecule has 0 heterocycles. The SMILES string of the molecule is O=C1C=CC=C2C(=O)C=CC=C12.[N-]=[N+]=NSN=[N+]=[N-]. The Bertz CT molecular complexity index is 564. The number of hydrogen-bond acceptors (Lipinski definition) is 5. The van der Waals surface area contributed by atoms with Crippen molar-refractivity contribution in [2.75, 3.05) is 0 Å². The van der Waals surface area contributed by atoms with E-state index in [-0.39, 0.29) is 11.6 Å². The van der Waals surface area contributed by atoms with Crippen molar-refractivity contribution in [3.8, 4) is 0 Å². The third-order valence-electron chi connectivity index (χ3n) is 1.99. The number of carbonyl (C=O) groups excluding carboxylic acids is 2. The van der Waals surface area contributed by atoms with Crippen molar-refractivity contribution in [1.29, 1.82) is 0 Å². The van der Waals surface area contributed by atoms with Gasteiger partial charge in [0, 0.05) is 33.1 Å². The largest absolute Gasteiger partial charge is 0.289 e. The van der Waals surface area contributed by atoms with Gasteiger partial charge in [-0.3, -0.25) is 9.59 Å². The van der Waals surface area contributed by atoms with Crippen LogP contribution in [0, 0.1) is 0 Å². The van der Waals surface area contributed by atoms with Gasteiger partial charge in [-0.25, -0.2) is 0 Å². The van der Waals surface area contributed by atoms with Gasteiger partial charge in [0.1, 0.15) is 0 Å². The molecule has 0 aromatic carbocycles. The van der Waals surface area contributed by atoms with E-state index in [2.05, 4.69) is 18.9 Å². The van der Waals surface area contributed by atoms with Gasteiger partial charge in [0.2, 0.25) is 0 Å². The summed E-state index contributed by atoms with van der Waals surface area (Å²) in [6.07, 6.45) is 9.46. The summed E-state index contributed by atoms with van der Waals surface area (Å²) in [5, 5.41) is 0. The van der Waals surface area contributed by atoms with E-state index >= 15 is 0 Å². The van der Waals surface area contributed by atoms with Crippen molar-refractivity contribution in [3.05, 3.63) is 68.5 Å². The summed E-state index contributed by atoms with van der Waals surface area (Å²) in [6.45, 7) is 0. The highest BCUT2D eigenvalue weighted by Crippen LogP contribution is 2.21. The van der Waals surface area contributed by atoms with E-state index < -0.39 is 0 Å². The molecule has 0 spiro atoms. The number of hydrogen-bond donors (Lipinski definition) is 0. The van der Waals surface area contributed by atoms with Crippen molar-refractivity contribution in [1.82, 2.24) is 0 Å². The molecule has 0 atom stereocenters. The van der Waals surface area contributed by atoms with E-state index in [0.717, 1.165) is 0 Å². The van der Waals surface area contributed by atoms with Crippen molar-refractivity contribution in [2.24, 2.45) is 9.04 Å². The lowest BCUT2D eigenvalue weighted by Gasteiger charge is -2.11. The normalized spacial score (nSPS) is 14.9. The van der Waals surface area contributed by atoms with Gasteiger partial charge in [-0.05, 0) is 32.3 Å². The average molecular weight is 274 g/mol. The van der Waals surface area contributed by atoms with Crippen LogP contribution in [0.5, 0.6) is 0 Å². The van der Waals surface area contributed by atoms with Crippen LogP contribution in [0.25, 0.3) is 20.9 Å². The Morgan fingerprint density at radius 2 is 1.32 bits per heavy atom. The third kappa shape index (κ3) is 4.21. The molecule has 0 aromatic heterocycles. The van der Waals surface area contributed by atoms with Gasteiger partial charge in [0.25, 0.3) is 0 Å².